The largest absolute Gasteiger partial charge is 0.496 e. The molecule has 7 heteroatoms. The molecule has 0 bridgehead atoms. The van der Waals surface area contributed by atoms with E-state index in [1.54, 1.807) is 19.2 Å². The number of amides is 1. The van der Waals surface area contributed by atoms with Crippen LogP contribution in [0.15, 0.2) is 18.2 Å². The van der Waals surface area contributed by atoms with Crippen LogP contribution >= 0.6 is 0 Å². The lowest BCUT2D eigenvalue weighted by Crippen LogP contribution is -2.55. The first-order valence-corrected chi connectivity index (χ1v) is 7.05. The third kappa shape index (κ3) is 3.75. The molecule has 1 saturated heterocycles. The van der Waals surface area contributed by atoms with Crippen molar-refractivity contribution in [2.24, 2.45) is 5.90 Å². The average molecular weight is 310 g/mol. The zero-order chi connectivity index (χ0) is 16.7. The van der Waals surface area contributed by atoms with Crippen molar-refractivity contribution in [3.8, 4) is 5.75 Å². The van der Waals surface area contributed by atoms with E-state index in [9.17, 15) is 9.59 Å². The zero-order valence-electron chi connectivity index (χ0n) is 12.8. The normalized spacial score (nSPS) is 16.2. The van der Waals surface area contributed by atoms with Crippen LogP contribution in [0.25, 0.3) is 0 Å². The summed E-state index contributed by atoms with van der Waals surface area (Å²) in [7, 11) is 1.60. The van der Waals surface area contributed by atoms with Gasteiger partial charge in [0.05, 0.1) is 7.11 Å². The monoisotopic (exact) mass is 310 g/mol. The molecule has 0 saturated carbocycles. The molecule has 1 amide bonds. The third-order valence-electron chi connectivity index (χ3n) is 3.61. The predicted molar refractivity (Wildman–Crippen MR) is 80.0 cm³/mol. The van der Waals surface area contributed by atoms with Crippen molar-refractivity contribution in [1.82, 2.24) is 4.90 Å². The van der Waals surface area contributed by atoms with Gasteiger partial charge in [-0.05, 0) is 36.6 Å². The Balaban J connectivity index is 0.00000116. The summed E-state index contributed by atoms with van der Waals surface area (Å²) in [6, 6.07) is 4.59. The standard InChI is InChI=1S/C15H19NO4.H3NO/c1-3-4-10-9-11(5-6-13(10)20-2)14(17)16-8-7-12(16)15(18)19;1-2/h5-6,9,12H,3-4,7-8H2,1-2H3,(H,18,19);2H,1H2. The molecule has 1 heterocycles. The number of carbonyl (C=O) groups excluding carboxylic acids is 1. The number of aryl methyl sites for hydroxylation is 1. The number of carboxylic acid groups (broad SMARTS) is 1. The van der Waals surface area contributed by atoms with Gasteiger partial charge in [-0.25, -0.2) is 10.7 Å². The lowest BCUT2D eigenvalue weighted by atomic mass is 9.99. The van der Waals surface area contributed by atoms with Gasteiger partial charge >= 0.3 is 5.97 Å². The van der Waals surface area contributed by atoms with E-state index in [1.165, 1.54) is 4.90 Å². The number of nitrogens with zero attached hydrogens (tertiary/aromatic N) is 1. The Bertz CT molecular complexity index is 533. The van der Waals surface area contributed by atoms with Gasteiger partial charge in [0, 0.05) is 12.1 Å². The highest BCUT2D eigenvalue weighted by Gasteiger charge is 2.37. The fraction of sp³-hybridized carbons (Fsp3) is 0.467. The molecule has 1 aromatic rings. The van der Waals surface area contributed by atoms with Crippen LogP contribution in [0.2, 0.25) is 0 Å². The van der Waals surface area contributed by atoms with E-state index in [2.05, 4.69) is 12.8 Å². The maximum absolute atomic E-state index is 12.3. The number of nitrogens with two attached hydrogens (primary N) is 1. The van der Waals surface area contributed by atoms with Crippen LogP contribution in [0.1, 0.15) is 35.7 Å². The second-order valence-corrected chi connectivity index (χ2v) is 4.92. The van der Waals surface area contributed by atoms with Gasteiger partial charge in [0.25, 0.3) is 5.91 Å². The molecular formula is C15H22N2O5. The third-order valence-corrected chi connectivity index (χ3v) is 3.61. The summed E-state index contributed by atoms with van der Waals surface area (Å²) in [5, 5.41) is 15.5. The Labute approximate surface area is 129 Å². The molecule has 1 aliphatic rings. The molecule has 0 spiro atoms. The van der Waals surface area contributed by atoms with E-state index in [4.69, 9.17) is 15.1 Å². The summed E-state index contributed by atoms with van der Waals surface area (Å²) < 4.78 is 5.27. The van der Waals surface area contributed by atoms with Crippen molar-refractivity contribution in [3.05, 3.63) is 29.3 Å². The number of ether oxygens (including phenoxy) is 1. The summed E-state index contributed by atoms with van der Waals surface area (Å²) in [6.45, 7) is 2.56. The van der Waals surface area contributed by atoms with Gasteiger partial charge < -0.3 is 20.0 Å². The Morgan fingerprint density at radius 2 is 2.09 bits per heavy atom. The Morgan fingerprint density at radius 3 is 2.55 bits per heavy atom. The summed E-state index contributed by atoms with van der Waals surface area (Å²) in [5.74, 6) is 3.11. The lowest BCUT2D eigenvalue weighted by Gasteiger charge is -2.38. The molecule has 0 aliphatic carbocycles. The smallest absolute Gasteiger partial charge is 0.326 e. The number of carboxylic acids is 1. The SMILES string of the molecule is CCCc1cc(C(=O)N2CCC2C(=O)O)ccc1OC.NO. The van der Waals surface area contributed by atoms with Crippen molar-refractivity contribution in [2.75, 3.05) is 13.7 Å². The van der Waals surface area contributed by atoms with Crippen LogP contribution in [-0.4, -0.2) is 46.8 Å². The number of rotatable bonds is 5. The Morgan fingerprint density at radius 1 is 1.41 bits per heavy atom. The molecule has 7 nitrogen and oxygen atoms in total. The van der Waals surface area contributed by atoms with Crippen LogP contribution in [0.5, 0.6) is 5.75 Å². The van der Waals surface area contributed by atoms with E-state index in [0.29, 0.717) is 18.5 Å². The first-order valence-electron chi connectivity index (χ1n) is 7.05. The summed E-state index contributed by atoms with van der Waals surface area (Å²) in [5.41, 5.74) is 1.51. The molecule has 0 radical (unpaired) electrons. The molecule has 22 heavy (non-hydrogen) atoms. The molecule has 1 fully saturated rings. The first kappa shape index (κ1) is 17.9. The minimum Gasteiger partial charge on any atom is -0.496 e. The molecule has 1 aromatic carbocycles. The second kappa shape index (κ2) is 8.35. The zero-order valence-corrected chi connectivity index (χ0v) is 12.8. The summed E-state index contributed by atoms with van der Waals surface area (Å²) in [6.07, 6.45) is 2.31. The highest BCUT2D eigenvalue weighted by Crippen LogP contribution is 2.25. The number of benzene rings is 1. The Kier molecular flexibility index (Phi) is 6.81. The minimum atomic E-state index is -0.938. The maximum atomic E-state index is 12.3. The maximum Gasteiger partial charge on any atom is 0.326 e. The predicted octanol–water partition coefficient (Wildman–Crippen LogP) is 1.28. The number of likely N-dealkylation sites (tertiary alicyclic amines) is 1. The van der Waals surface area contributed by atoms with E-state index >= 15 is 0 Å². The molecule has 1 unspecified atom stereocenters. The van der Waals surface area contributed by atoms with Crippen molar-refractivity contribution in [2.45, 2.75) is 32.2 Å². The van der Waals surface area contributed by atoms with Gasteiger partial charge in [-0.1, -0.05) is 13.3 Å². The van der Waals surface area contributed by atoms with Gasteiger partial charge in [0.2, 0.25) is 0 Å². The summed E-state index contributed by atoms with van der Waals surface area (Å²) in [4.78, 5) is 24.7. The fourth-order valence-corrected chi connectivity index (χ4v) is 2.43. The van der Waals surface area contributed by atoms with E-state index in [0.717, 1.165) is 24.2 Å². The fourth-order valence-electron chi connectivity index (χ4n) is 2.43. The number of methoxy groups -OCH3 is 1. The first-order chi connectivity index (χ1) is 10.6. The molecule has 122 valence electrons. The van der Waals surface area contributed by atoms with Crippen LogP contribution in [0.3, 0.4) is 0 Å². The van der Waals surface area contributed by atoms with E-state index in [1.807, 2.05) is 6.07 Å². The molecule has 1 aliphatic heterocycles. The van der Waals surface area contributed by atoms with Crippen LogP contribution in [0.4, 0.5) is 0 Å². The molecule has 2 rings (SSSR count). The van der Waals surface area contributed by atoms with Crippen molar-refractivity contribution >= 4 is 11.9 Å². The molecular weight excluding hydrogens is 288 g/mol. The van der Waals surface area contributed by atoms with Crippen molar-refractivity contribution in [3.63, 3.8) is 0 Å². The highest BCUT2D eigenvalue weighted by atomic mass is 16.5. The number of hydrogen-bond donors (Lipinski definition) is 3. The molecule has 1 atom stereocenters. The topological polar surface area (TPSA) is 113 Å². The van der Waals surface area contributed by atoms with Crippen molar-refractivity contribution < 1.29 is 24.6 Å². The van der Waals surface area contributed by atoms with Gasteiger partial charge in [-0.2, -0.15) is 0 Å². The van der Waals surface area contributed by atoms with Gasteiger partial charge in [-0.15, -0.1) is 0 Å². The quantitative estimate of drug-likeness (QED) is 0.706. The van der Waals surface area contributed by atoms with Crippen LogP contribution in [0, 0.1) is 0 Å². The highest BCUT2D eigenvalue weighted by molar-refractivity contribution is 5.97. The second-order valence-electron chi connectivity index (χ2n) is 4.92. The average Bonchev–Trinajstić information content (AvgIpc) is 2.47. The van der Waals surface area contributed by atoms with E-state index in [-0.39, 0.29) is 5.91 Å². The Hall–Kier alpha value is -2.12. The minimum absolute atomic E-state index is 0.219. The van der Waals surface area contributed by atoms with Gasteiger partial charge in [-0.3, -0.25) is 4.79 Å². The molecule has 0 aromatic heterocycles. The number of aliphatic carboxylic acids is 1. The summed E-state index contributed by atoms with van der Waals surface area (Å²) >= 11 is 0. The van der Waals surface area contributed by atoms with Gasteiger partial charge in [0.15, 0.2) is 0 Å². The van der Waals surface area contributed by atoms with Crippen molar-refractivity contribution in [1.29, 1.82) is 0 Å². The van der Waals surface area contributed by atoms with E-state index < -0.39 is 12.0 Å². The number of hydrogen-bond acceptors (Lipinski definition) is 5. The van der Waals surface area contributed by atoms with Gasteiger partial charge in [0.1, 0.15) is 11.8 Å². The van der Waals surface area contributed by atoms with Crippen LogP contribution < -0.4 is 10.6 Å². The molecule has 4 N–H and O–H groups in total. The number of carbonyl (C=O) groups is 2. The lowest BCUT2D eigenvalue weighted by molar-refractivity contribution is -0.146. The van der Waals surface area contributed by atoms with Crippen LogP contribution in [-0.2, 0) is 11.2 Å².